The fraction of sp³-hybridized carbons (Fsp3) is 1.00. The average molecular weight is 269 g/mol. The van der Waals surface area contributed by atoms with Crippen LogP contribution in [0.15, 0.2) is 0 Å². The lowest BCUT2D eigenvalue weighted by Crippen LogP contribution is -2.65. The van der Waals surface area contributed by atoms with Crippen LogP contribution in [0.25, 0.3) is 0 Å². The van der Waals surface area contributed by atoms with Gasteiger partial charge in [0.25, 0.3) is 0 Å². The minimum atomic E-state index is 0.160. The monoisotopic (exact) mass is 269 g/mol. The van der Waals surface area contributed by atoms with E-state index in [-0.39, 0.29) is 5.54 Å². The first-order chi connectivity index (χ1) is 9.13. The number of hydrogen-bond donors (Lipinski definition) is 1. The molecule has 2 aliphatic rings. The first kappa shape index (κ1) is 15.2. The third-order valence-electron chi connectivity index (χ3n) is 5.07. The van der Waals surface area contributed by atoms with Crippen molar-refractivity contribution < 1.29 is 4.74 Å². The zero-order valence-corrected chi connectivity index (χ0v) is 12.9. The van der Waals surface area contributed by atoms with E-state index in [9.17, 15) is 0 Å². The van der Waals surface area contributed by atoms with E-state index >= 15 is 0 Å². The number of nitrogens with zero attached hydrogens (tertiary/aromatic N) is 2. The van der Waals surface area contributed by atoms with Crippen molar-refractivity contribution in [1.82, 2.24) is 9.80 Å². The lowest BCUT2D eigenvalue weighted by Gasteiger charge is -2.51. The highest BCUT2D eigenvalue weighted by atomic mass is 16.5. The molecular weight excluding hydrogens is 238 g/mol. The second kappa shape index (κ2) is 6.53. The van der Waals surface area contributed by atoms with Crippen molar-refractivity contribution >= 4 is 0 Å². The average Bonchev–Trinajstić information content (AvgIpc) is 3.23. The Morgan fingerprint density at radius 2 is 2.21 bits per heavy atom. The van der Waals surface area contributed by atoms with Gasteiger partial charge < -0.3 is 15.4 Å². The molecule has 112 valence electrons. The summed E-state index contributed by atoms with van der Waals surface area (Å²) >= 11 is 0. The van der Waals surface area contributed by atoms with E-state index in [1.165, 1.54) is 32.2 Å². The van der Waals surface area contributed by atoms with Gasteiger partial charge in [-0.05, 0) is 52.1 Å². The molecule has 0 spiro atoms. The molecule has 1 aliphatic heterocycles. The van der Waals surface area contributed by atoms with Crippen molar-refractivity contribution in [2.45, 2.75) is 44.2 Å². The van der Waals surface area contributed by atoms with Gasteiger partial charge in [-0.25, -0.2) is 0 Å². The SMILES string of the molecule is COCCN(C(C)C1CC1)C1(CN)CCCN(C)C1. The predicted octanol–water partition coefficient (Wildman–Crippen LogP) is 1.16. The fourth-order valence-electron chi connectivity index (χ4n) is 3.75. The molecule has 2 unspecified atom stereocenters. The lowest BCUT2D eigenvalue weighted by atomic mass is 9.85. The molecule has 1 heterocycles. The third kappa shape index (κ3) is 3.48. The van der Waals surface area contributed by atoms with Gasteiger partial charge in [0.1, 0.15) is 0 Å². The first-order valence-electron chi connectivity index (χ1n) is 7.77. The Kier molecular flexibility index (Phi) is 5.23. The molecule has 0 amide bonds. The molecule has 0 bridgehead atoms. The predicted molar refractivity (Wildman–Crippen MR) is 79.3 cm³/mol. The van der Waals surface area contributed by atoms with Crippen LogP contribution in [0.5, 0.6) is 0 Å². The molecule has 2 fully saturated rings. The molecule has 4 heteroatoms. The molecule has 19 heavy (non-hydrogen) atoms. The van der Waals surface area contributed by atoms with Crippen LogP contribution in [0.4, 0.5) is 0 Å². The van der Waals surface area contributed by atoms with Gasteiger partial charge in [0.15, 0.2) is 0 Å². The molecule has 0 aromatic heterocycles. The summed E-state index contributed by atoms with van der Waals surface area (Å²) in [4.78, 5) is 5.11. The Morgan fingerprint density at radius 3 is 2.74 bits per heavy atom. The fourth-order valence-corrected chi connectivity index (χ4v) is 3.75. The lowest BCUT2D eigenvalue weighted by molar-refractivity contribution is -0.0200. The maximum atomic E-state index is 6.22. The van der Waals surface area contributed by atoms with Crippen molar-refractivity contribution in [2.75, 3.05) is 46.9 Å². The van der Waals surface area contributed by atoms with Gasteiger partial charge in [0.2, 0.25) is 0 Å². The van der Waals surface area contributed by atoms with Gasteiger partial charge in [-0.15, -0.1) is 0 Å². The number of rotatable bonds is 7. The summed E-state index contributed by atoms with van der Waals surface area (Å²) in [6.45, 7) is 7.28. The number of nitrogens with two attached hydrogens (primary N) is 1. The number of likely N-dealkylation sites (N-methyl/N-ethyl adjacent to an activating group) is 1. The van der Waals surface area contributed by atoms with Crippen LogP contribution in [0.3, 0.4) is 0 Å². The highest BCUT2D eigenvalue weighted by Gasteiger charge is 2.44. The highest BCUT2D eigenvalue weighted by molar-refractivity contribution is 5.01. The summed E-state index contributed by atoms with van der Waals surface area (Å²) in [6, 6.07) is 0.644. The Hall–Kier alpha value is -0.160. The Balaban J connectivity index is 2.12. The van der Waals surface area contributed by atoms with Gasteiger partial charge in [0.05, 0.1) is 6.61 Å². The van der Waals surface area contributed by atoms with Gasteiger partial charge in [-0.2, -0.15) is 0 Å². The van der Waals surface area contributed by atoms with Gasteiger partial charge in [-0.3, -0.25) is 4.90 Å². The van der Waals surface area contributed by atoms with Crippen LogP contribution in [-0.2, 0) is 4.74 Å². The van der Waals surface area contributed by atoms with E-state index in [2.05, 4.69) is 23.8 Å². The first-order valence-corrected chi connectivity index (χ1v) is 7.77. The van der Waals surface area contributed by atoms with Crippen LogP contribution in [0.2, 0.25) is 0 Å². The minimum absolute atomic E-state index is 0.160. The summed E-state index contributed by atoms with van der Waals surface area (Å²) in [5, 5.41) is 0. The van der Waals surface area contributed by atoms with E-state index in [4.69, 9.17) is 10.5 Å². The number of ether oxygens (including phenoxy) is 1. The molecule has 2 atom stereocenters. The number of piperidine rings is 1. The molecule has 0 radical (unpaired) electrons. The molecule has 1 aliphatic carbocycles. The molecule has 2 N–H and O–H groups in total. The molecular formula is C15H31N3O. The summed E-state index contributed by atoms with van der Waals surface area (Å²) in [5.41, 5.74) is 6.38. The summed E-state index contributed by atoms with van der Waals surface area (Å²) < 4.78 is 5.33. The topological polar surface area (TPSA) is 41.7 Å². The third-order valence-corrected chi connectivity index (χ3v) is 5.07. The molecule has 1 saturated heterocycles. The van der Waals surface area contributed by atoms with E-state index in [0.717, 1.165) is 32.2 Å². The molecule has 2 rings (SSSR count). The largest absolute Gasteiger partial charge is 0.383 e. The van der Waals surface area contributed by atoms with Crippen molar-refractivity contribution in [3.63, 3.8) is 0 Å². The molecule has 1 saturated carbocycles. The number of hydrogen-bond acceptors (Lipinski definition) is 4. The van der Waals surface area contributed by atoms with Gasteiger partial charge in [-0.1, -0.05) is 0 Å². The Morgan fingerprint density at radius 1 is 1.47 bits per heavy atom. The summed E-state index contributed by atoms with van der Waals surface area (Å²) in [6.07, 6.45) is 5.27. The quantitative estimate of drug-likeness (QED) is 0.753. The molecule has 0 aromatic carbocycles. The number of methoxy groups -OCH3 is 1. The van der Waals surface area contributed by atoms with Crippen molar-refractivity contribution in [3.05, 3.63) is 0 Å². The van der Waals surface area contributed by atoms with Crippen LogP contribution >= 0.6 is 0 Å². The Labute approximate surface area is 118 Å². The van der Waals surface area contributed by atoms with Crippen LogP contribution < -0.4 is 5.73 Å². The van der Waals surface area contributed by atoms with Crippen molar-refractivity contribution in [1.29, 1.82) is 0 Å². The highest BCUT2D eigenvalue weighted by Crippen LogP contribution is 2.39. The maximum Gasteiger partial charge on any atom is 0.0590 e. The standard InChI is InChI=1S/C15H31N3O/c1-13(14-5-6-14)18(9-10-19-3)15(11-16)7-4-8-17(2)12-15/h13-14H,4-12,16H2,1-3H3. The van der Waals surface area contributed by atoms with Crippen LogP contribution in [-0.4, -0.2) is 68.3 Å². The second-order valence-electron chi connectivity index (χ2n) is 6.53. The van der Waals surface area contributed by atoms with E-state index < -0.39 is 0 Å². The van der Waals surface area contributed by atoms with Gasteiger partial charge in [0, 0.05) is 38.3 Å². The van der Waals surface area contributed by atoms with E-state index in [1.54, 1.807) is 7.11 Å². The Bertz CT molecular complexity index is 283. The van der Waals surface area contributed by atoms with Crippen LogP contribution in [0, 0.1) is 5.92 Å². The smallest absolute Gasteiger partial charge is 0.0590 e. The number of likely N-dealkylation sites (tertiary alicyclic amines) is 1. The van der Waals surface area contributed by atoms with Crippen molar-refractivity contribution in [2.24, 2.45) is 11.7 Å². The van der Waals surface area contributed by atoms with E-state index in [0.29, 0.717) is 6.04 Å². The summed E-state index contributed by atoms with van der Waals surface area (Å²) in [7, 11) is 4.02. The summed E-state index contributed by atoms with van der Waals surface area (Å²) in [5.74, 6) is 0.882. The maximum absolute atomic E-state index is 6.22. The second-order valence-corrected chi connectivity index (χ2v) is 6.53. The van der Waals surface area contributed by atoms with Crippen molar-refractivity contribution in [3.8, 4) is 0 Å². The zero-order valence-electron chi connectivity index (χ0n) is 12.9. The van der Waals surface area contributed by atoms with Crippen LogP contribution in [0.1, 0.15) is 32.6 Å². The van der Waals surface area contributed by atoms with E-state index in [1.807, 2.05) is 0 Å². The molecule has 0 aromatic rings. The zero-order chi connectivity index (χ0) is 13.9. The normalized spacial score (nSPS) is 30.8. The molecule has 4 nitrogen and oxygen atoms in total. The van der Waals surface area contributed by atoms with Gasteiger partial charge >= 0.3 is 0 Å². The minimum Gasteiger partial charge on any atom is -0.383 e.